The fourth-order valence-corrected chi connectivity index (χ4v) is 7.65. The Bertz CT molecular complexity index is 1710. The molecule has 10 heteroatoms. The third-order valence-corrected chi connectivity index (χ3v) is 10.4. The van der Waals surface area contributed by atoms with E-state index in [1.54, 1.807) is 12.1 Å². The summed E-state index contributed by atoms with van der Waals surface area (Å²) in [5.74, 6) is -1.17. The van der Waals surface area contributed by atoms with Crippen molar-refractivity contribution in [3.8, 4) is 0 Å². The second kappa shape index (κ2) is 14.0. The van der Waals surface area contributed by atoms with Gasteiger partial charge in [0.2, 0.25) is 0 Å². The summed E-state index contributed by atoms with van der Waals surface area (Å²) in [6, 6.07) is 31.1. The van der Waals surface area contributed by atoms with Gasteiger partial charge in [-0.3, -0.25) is 14.6 Å². The number of halogens is 4. The van der Waals surface area contributed by atoms with Crippen molar-refractivity contribution in [1.82, 2.24) is 9.80 Å². The van der Waals surface area contributed by atoms with Crippen LogP contribution in [0.5, 0.6) is 0 Å². The van der Waals surface area contributed by atoms with Crippen molar-refractivity contribution >= 4 is 75.3 Å². The molecule has 1 atom stereocenters. The average molecular weight is 712 g/mol. The molecule has 0 radical (unpaired) electrons. The third-order valence-electron chi connectivity index (χ3n) is 8.64. The van der Waals surface area contributed by atoms with Gasteiger partial charge in [-0.2, -0.15) is 0 Å². The van der Waals surface area contributed by atoms with Crippen molar-refractivity contribution < 1.29 is 9.53 Å². The Morgan fingerprint density at radius 2 is 1.37 bits per heavy atom. The van der Waals surface area contributed by atoms with Gasteiger partial charge in [-0.25, -0.2) is 0 Å². The van der Waals surface area contributed by atoms with Gasteiger partial charge in [-0.15, -0.1) is 0 Å². The van der Waals surface area contributed by atoms with E-state index in [0.29, 0.717) is 63.4 Å². The predicted molar refractivity (Wildman–Crippen MR) is 192 cm³/mol. The monoisotopic (exact) mass is 709 g/mol. The van der Waals surface area contributed by atoms with Gasteiger partial charge < -0.3 is 9.64 Å². The fourth-order valence-electron chi connectivity index (χ4n) is 6.52. The summed E-state index contributed by atoms with van der Waals surface area (Å²) in [6.45, 7) is 2.38. The van der Waals surface area contributed by atoms with Gasteiger partial charge >= 0.3 is 5.97 Å². The highest BCUT2D eigenvalue weighted by molar-refractivity contribution is 7.80. The van der Waals surface area contributed by atoms with Gasteiger partial charge in [-0.1, -0.05) is 119 Å². The molecule has 2 saturated heterocycles. The Balaban J connectivity index is 1.56. The Morgan fingerprint density at radius 1 is 0.804 bits per heavy atom. The Morgan fingerprint density at radius 3 is 1.89 bits per heavy atom. The van der Waals surface area contributed by atoms with Crippen LogP contribution in [-0.2, 0) is 29.0 Å². The summed E-state index contributed by atoms with van der Waals surface area (Å²) in [5, 5.41) is 2.14. The minimum Gasteiger partial charge on any atom is -0.468 e. The molecule has 0 N–H and O–H groups in total. The Kier molecular flexibility index (Phi) is 10.1. The number of esters is 1. The largest absolute Gasteiger partial charge is 0.468 e. The first-order valence-corrected chi connectivity index (χ1v) is 16.7. The van der Waals surface area contributed by atoms with Crippen LogP contribution in [0.4, 0.5) is 5.69 Å². The molecular weight excluding hydrogens is 680 g/mol. The highest BCUT2D eigenvalue weighted by atomic mass is 35.5. The molecule has 2 heterocycles. The fraction of sp³-hybridized carbons (Fsp3) is 0.222. The maximum Gasteiger partial charge on any atom is 0.318 e. The number of allylic oxidation sites excluding steroid dienone is 1. The van der Waals surface area contributed by atoms with Crippen LogP contribution < -0.4 is 4.90 Å². The number of carbonyl (C=O) groups excluding carboxylic acids is 1. The van der Waals surface area contributed by atoms with Gasteiger partial charge in [0, 0.05) is 47.6 Å². The molecule has 2 aliphatic heterocycles. The lowest BCUT2D eigenvalue weighted by Crippen LogP contribution is -2.62. The summed E-state index contributed by atoms with van der Waals surface area (Å²) in [7, 11) is 1.43. The van der Waals surface area contributed by atoms with E-state index in [1.807, 2.05) is 77.7 Å². The SMILES string of the molecule is COC(=O)C1/C(=C\Cc2ccccc2)N(c2ccc(Cl)c(Cl)c2)C(=S)C12N(Cc1ccc(Cl)cc1)CCN2Cc1ccc(Cl)cc1. The summed E-state index contributed by atoms with van der Waals surface area (Å²) in [5.41, 5.74) is 3.58. The van der Waals surface area contributed by atoms with Crippen LogP contribution in [-0.4, -0.2) is 46.6 Å². The molecule has 1 unspecified atom stereocenters. The third kappa shape index (κ3) is 6.33. The van der Waals surface area contributed by atoms with Gasteiger partial charge in [-0.05, 0) is 65.6 Å². The highest BCUT2D eigenvalue weighted by Crippen LogP contribution is 2.51. The summed E-state index contributed by atoms with van der Waals surface area (Å²) < 4.78 is 5.61. The number of benzene rings is 4. The van der Waals surface area contributed by atoms with Crippen LogP contribution in [0.3, 0.4) is 0 Å². The van der Waals surface area contributed by atoms with Crippen LogP contribution in [0.25, 0.3) is 0 Å². The molecule has 236 valence electrons. The van der Waals surface area contributed by atoms with Crippen molar-refractivity contribution in [2.75, 3.05) is 25.1 Å². The number of nitrogens with zero attached hydrogens (tertiary/aromatic N) is 3. The lowest BCUT2D eigenvalue weighted by molar-refractivity contribution is -0.150. The predicted octanol–water partition coefficient (Wildman–Crippen LogP) is 9.08. The molecule has 0 amide bonds. The lowest BCUT2D eigenvalue weighted by atomic mass is 9.89. The van der Waals surface area contributed by atoms with E-state index in [-0.39, 0.29) is 5.97 Å². The zero-order chi connectivity index (χ0) is 32.4. The molecule has 5 nitrogen and oxygen atoms in total. The van der Waals surface area contributed by atoms with Crippen molar-refractivity contribution in [2.24, 2.45) is 5.92 Å². The van der Waals surface area contributed by atoms with Crippen LogP contribution in [0.15, 0.2) is 109 Å². The Hall–Kier alpha value is -2.94. The molecule has 0 saturated carbocycles. The Labute approximate surface area is 294 Å². The van der Waals surface area contributed by atoms with Crippen molar-refractivity contribution in [3.63, 3.8) is 0 Å². The van der Waals surface area contributed by atoms with E-state index < -0.39 is 11.6 Å². The van der Waals surface area contributed by atoms with Gasteiger partial charge in [0.25, 0.3) is 0 Å². The number of hydrogen-bond donors (Lipinski definition) is 0. The molecule has 1 spiro atoms. The molecule has 2 aliphatic rings. The molecule has 6 rings (SSSR count). The van der Waals surface area contributed by atoms with Crippen LogP contribution >= 0.6 is 58.6 Å². The van der Waals surface area contributed by atoms with Crippen molar-refractivity contribution in [3.05, 3.63) is 146 Å². The first kappa shape index (κ1) is 33.0. The number of hydrogen-bond acceptors (Lipinski definition) is 5. The van der Waals surface area contributed by atoms with Crippen molar-refractivity contribution in [2.45, 2.75) is 25.2 Å². The molecule has 4 aromatic rings. The van der Waals surface area contributed by atoms with Crippen LogP contribution in [0, 0.1) is 5.92 Å². The number of ether oxygens (including phenoxy) is 1. The summed E-state index contributed by atoms with van der Waals surface area (Å²) >= 11 is 32.0. The van der Waals surface area contributed by atoms with Gasteiger partial charge in [0.15, 0.2) is 0 Å². The number of anilines is 1. The second-order valence-corrected chi connectivity index (χ2v) is 13.4. The molecular formula is C36H31Cl4N3O2S. The smallest absolute Gasteiger partial charge is 0.318 e. The quantitative estimate of drug-likeness (QED) is 0.134. The second-order valence-electron chi connectivity index (χ2n) is 11.3. The number of rotatable bonds is 8. The first-order valence-electron chi connectivity index (χ1n) is 14.8. The zero-order valence-corrected chi connectivity index (χ0v) is 28.8. The highest BCUT2D eigenvalue weighted by Gasteiger charge is 2.66. The number of methoxy groups -OCH3 is 1. The van der Waals surface area contributed by atoms with E-state index in [4.69, 9.17) is 63.4 Å². The minimum atomic E-state index is -1.06. The van der Waals surface area contributed by atoms with E-state index in [9.17, 15) is 4.79 Å². The molecule has 2 fully saturated rings. The van der Waals surface area contributed by atoms with Crippen molar-refractivity contribution in [1.29, 1.82) is 0 Å². The van der Waals surface area contributed by atoms with E-state index >= 15 is 0 Å². The minimum absolute atomic E-state index is 0.381. The maximum absolute atomic E-state index is 14.2. The lowest BCUT2D eigenvalue weighted by Gasteiger charge is -2.43. The van der Waals surface area contributed by atoms with Crippen LogP contribution in [0.2, 0.25) is 20.1 Å². The molecule has 46 heavy (non-hydrogen) atoms. The molecule has 0 aromatic heterocycles. The maximum atomic E-state index is 14.2. The standard InChI is InChI=1S/C36H31Cl4N3O2S/c1-45-34(44)33-32(18-11-24-5-3-2-4-6-24)43(29-16-17-30(39)31(40)21-29)35(46)36(33)41(22-25-7-12-27(37)13-8-25)19-20-42(36)23-26-9-14-28(38)15-10-26/h2-10,12-18,21,33H,11,19-20,22-23H2,1H3/b32-18+. The summed E-state index contributed by atoms with van der Waals surface area (Å²) in [6.07, 6.45) is 2.66. The van der Waals surface area contributed by atoms with E-state index in [1.165, 1.54) is 7.11 Å². The normalized spacial score (nSPS) is 19.0. The topological polar surface area (TPSA) is 36.0 Å². The molecule has 0 aliphatic carbocycles. The average Bonchev–Trinajstić information content (AvgIpc) is 3.54. The number of carbonyl (C=O) groups is 1. The van der Waals surface area contributed by atoms with Crippen LogP contribution in [0.1, 0.15) is 16.7 Å². The molecule has 4 aromatic carbocycles. The molecule has 0 bridgehead atoms. The first-order chi connectivity index (χ1) is 22.2. The number of thiocarbonyl (C=S) groups is 1. The zero-order valence-electron chi connectivity index (χ0n) is 25.0. The van der Waals surface area contributed by atoms with Gasteiger partial charge in [0.05, 0.1) is 17.2 Å². The van der Waals surface area contributed by atoms with Gasteiger partial charge in [0.1, 0.15) is 16.6 Å². The van der Waals surface area contributed by atoms with E-state index in [2.05, 4.69) is 28.0 Å². The summed E-state index contributed by atoms with van der Waals surface area (Å²) in [4.78, 5) is 21.4. The van der Waals surface area contributed by atoms with E-state index in [0.717, 1.165) is 22.4 Å².